The first kappa shape index (κ1) is 17.3. The summed E-state index contributed by atoms with van der Waals surface area (Å²) in [4.78, 5) is 17.7. The molecule has 1 aliphatic heterocycles. The minimum atomic E-state index is -0.120. The van der Waals surface area contributed by atoms with Crippen LogP contribution in [0, 0.1) is 13.8 Å². The Labute approximate surface area is 150 Å². The van der Waals surface area contributed by atoms with Gasteiger partial charge in [0.1, 0.15) is 11.5 Å². The molecule has 2 heterocycles. The first-order valence-corrected chi connectivity index (χ1v) is 8.56. The van der Waals surface area contributed by atoms with Gasteiger partial charge in [-0.05, 0) is 31.5 Å². The molecule has 6 nitrogen and oxygen atoms in total. The SMILES string of the molecule is COc1cc(C2=NCC(=O)Nc3sc(C)c(C)c32)cc(OC)c1OC. The normalized spacial score (nSPS) is 13.5. The van der Waals surface area contributed by atoms with Gasteiger partial charge in [-0.2, -0.15) is 0 Å². The van der Waals surface area contributed by atoms with Crippen LogP contribution in [0.4, 0.5) is 5.00 Å². The van der Waals surface area contributed by atoms with Crippen LogP contribution in [-0.4, -0.2) is 39.5 Å². The lowest BCUT2D eigenvalue weighted by Crippen LogP contribution is -2.12. The van der Waals surface area contributed by atoms with Gasteiger partial charge in [0.25, 0.3) is 0 Å². The van der Waals surface area contributed by atoms with Crippen molar-refractivity contribution in [3.8, 4) is 17.2 Å². The van der Waals surface area contributed by atoms with Crippen LogP contribution < -0.4 is 19.5 Å². The largest absolute Gasteiger partial charge is 0.493 e. The average Bonchev–Trinajstić information content (AvgIpc) is 2.78. The maximum Gasteiger partial charge on any atom is 0.246 e. The fraction of sp³-hybridized carbons (Fsp3) is 0.333. The minimum Gasteiger partial charge on any atom is -0.493 e. The highest BCUT2D eigenvalue weighted by Crippen LogP contribution is 2.41. The number of anilines is 1. The van der Waals surface area contributed by atoms with E-state index in [-0.39, 0.29) is 12.5 Å². The topological polar surface area (TPSA) is 69.2 Å². The third kappa shape index (κ3) is 2.95. The zero-order chi connectivity index (χ0) is 18.1. The Balaban J connectivity index is 2.24. The van der Waals surface area contributed by atoms with Crippen LogP contribution in [0.3, 0.4) is 0 Å². The molecule has 0 atom stereocenters. The summed E-state index contributed by atoms with van der Waals surface area (Å²) in [6.45, 7) is 4.15. The minimum absolute atomic E-state index is 0.0753. The van der Waals surface area contributed by atoms with E-state index in [2.05, 4.69) is 10.3 Å². The number of amides is 1. The van der Waals surface area contributed by atoms with E-state index in [9.17, 15) is 4.79 Å². The van der Waals surface area contributed by atoms with Crippen LogP contribution in [0.5, 0.6) is 17.2 Å². The van der Waals surface area contributed by atoms with Gasteiger partial charge in [-0.15, -0.1) is 11.3 Å². The molecule has 0 unspecified atom stereocenters. The van der Waals surface area contributed by atoms with Gasteiger partial charge in [0, 0.05) is 16.0 Å². The van der Waals surface area contributed by atoms with E-state index >= 15 is 0 Å². The Hall–Kier alpha value is -2.54. The highest BCUT2D eigenvalue weighted by Gasteiger charge is 2.25. The lowest BCUT2D eigenvalue weighted by Gasteiger charge is -2.15. The molecule has 0 bridgehead atoms. The number of aliphatic imine (C=N–C) groups is 1. The molecule has 1 aliphatic rings. The maximum atomic E-state index is 12.0. The van der Waals surface area contributed by atoms with E-state index in [1.165, 1.54) is 0 Å². The van der Waals surface area contributed by atoms with Crippen LogP contribution in [0.1, 0.15) is 21.6 Å². The number of rotatable bonds is 4. The standard InChI is InChI=1S/C18H20N2O4S/c1-9-10(2)25-18-15(9)16(19-8-14(21)20-18)11-6-12(22-3)17(24-5)13(7-11)23-4/h6-7H,8H2,1-5H3,(H,20,21). The number of methoxy groups -OCH3 is 3. The molecule has 0 fully saturated rings. The highest BCUT2D eigenvalue weighted by atomic mass is 32.1. The molecule has 0 saturated heterocycles. The molecular formula is C18H20N2O4S. The molecule has 1 aromatic carbocycles. The number of carbonyl (C=O) groups is 1. The highest BCUT2D eigenvalue weighted by molar-refractivity contribution is 7.17. The molecule has 1 amide bonds. The second-order valence-corrected chi connectivity index (χ2v) is 6.84. The molecular weight excluding hydrogens is 340 g/mol. The van der Waals surface area contributed by atoms with E-state index in [4.69, 9.17) is 14.2 Å². The van der Waals surface area contributed by atoms with Crippen molar-refractivity contribution in [2.24, 2.45) is 4.99 Å². The van der Waals surface area contributed by atoms with Gasteiger partial charge < -0.3 is 19.5 Å². The van der Waals surface area contributed by atoms with Crippen molar-refractivity contribution in [3.63, 3.8) is 0 Å². The van der Waals surface area contributed by atoms with Gasteiger partial charge >= 0.3 is 0 Å². The number of fused-ring (bicyclic) bond motifs is 1. The number of thiophene rings is 1. The van der Waals surface area contributed by atoms with Crippen molar-refractivity contribution in [1.82, 2.24) is 0 Å². The van der Waals surface area contributed by atoms with Crippen molar-refractivity contribution < 1.29 is 19.0 Å². The second-order valence-electron chi connectivity index (χ2n) is 5.61. The number of hydrogen-bond acceptors (Lipinski definition) is 6. The molecule has 0 spiro atoms. The van der Waals surface area contributed by atoms with Gasteiger partial charge in [-0.25, -0.2) is 0 Å². The Morgan fingerprint density at radius 3 is 2.28 bits per heavy atom. The van der Waals surface area contributed by atoms with E-state index in [1.807, 2.05) is 26.0 Å². The first-order valence-electron chi connectivity index (χ1n) is 7.75. The van der Waals surface area contributed by atoms with Gasteiger partial charge in [-0.3, -0.25) is 9.79 Å². The number of carbonyl (C=O) groups excluding carboxylic acids is 1. The molecule has 25 heavy (non-hydrogen) atoms. The number of nitrogens with zero attached hydrogens (tertiary/aromatic N) is 1. The zero-order valence-electron chi connectivity index (χ0n) is 14.9. The predicted molar refractivity (Wildman–Crippen MR) is 99.0 cm³/mol. The van der Waals surface area contributed by atoms with Crippen LogP contribution in [0.25, 0.3) is 0 Å². The lowest BCUT2D eigenvalue weighted by molar-refractivity contribution is -0.114. The van der Waals surface area contributed by atoms with Crippen LogP contribution >= 0.6 is 11.3 Å². The van der Waals surface area contributed by atoms with Gasteiger partial charge in [0.05, 0.1) is 27.0 Å². The van der Waals surface area contributed by atoms with Crippen LogP contribution in [-0.2, 0) is 4.79 Å². The molecule has 7 heteroatoms. The molecule has 132 valence electrons. The molecule has 0 aliphatic carbocycles. The summed E-state index contributed by atoms with van der Waals surface area (Å²) >= 11 is 1.56. The van der Waals surface area contributed by atoms with Crippen molar-refractivity contribution in [2.45, 2.75) is 13.8 Å². The summed E-state index contributed by atoms with van der Waals surface area (Å²) in [5.41, 5.74) is 3.61. The molecule has 1 aromatic heterocycles. The first-order chi connectivity index (χ1) is 12.0. The summed E-state index contributed by atoms with van der Waals surface area (Å²) < 4.78 is 16.3. The average molecular weight is 360 g/mol. The third-order valence-electron chi connectivity index (χ3n) is 4.19. The van der Waals surface area contributed by atoms with E-state index < -0.39 is 0 Å². The summed E-state index contributed by atoms with van der Waals surface area (Å²) in [5, 5.41) is 3.77. The Kier molecular flexibility index (Phi) is 4.67. The smallest absolute Gasteiger partial charge is 0.246 e. The van der Waals surface area contributed by atoms with Crippen LogP contribution in [0.2, 0.25) is 0 Å². The Morgan fingerprint density at radius 1 is 1.08 bits per heavy atom. The summed E-state index contributed by atoms with van der Waals surface area (Å²) in [7, 11) is 4.72. The summed E-state index contributed by atoms with van der Waals surface area (Å²) in [6.07, 6.45) is 0. The molecule has 0 saturated carbocycles. The fourth-order valence-corrected chi connectivity index (χ4v) is 3.93. The number of hydrogen-bond donors (Lipinski definition) is 1. The maximum absolute atomic E-state index is 12.0. The lowest BCUT2D eigenvalue weighted by atomic mass is 9.99. The van der Waals surface area contributed by atoms with Crippen molar-refractivity contribution >= 4 is 28.0 Å². The Morgan fingerprint density at radius 2 is 1.72 bits per heavy atom. The third-order valence-corrected chi connectivity index (χ3v) is 5.32. The van der Waals surface area contributed by atoms with Crippen molar-refractivity contribution in [1.29, 1.82) is 0 Å². The number of benzene rings is 1. The van der Waals surface area contributed by atoms with Gasteiger partial charge in [-0.1, -0.05) is 0 Å². The summed E-state index contributed by atoms with van der Waals surface area (Å²) in [5.74, 6) is 1.50. The van der Waals surface area contributed by atoms with Crippen molar-refractivity contribution in [2.75, 3.05) is 33.2 Å². The molecule has 0 radical (unpaired) electrons. The van der Waals surface area contributed by atoms with Gasteiger partial charge in [0.2, 0.25) is 11.7 Å². The van der Waals surface area contributed by atoms with Crippen molar-refractivity contribution in [3.05, 3.63) is 33.7 Å². The van der Waals surface area contributed by atoms with E-state index in [0.29, 0.717) is 17.2 Å². The number of aryl methyl sites for hydroxylation is 1. The quantitative estimate of drug-likeness (QED) is 0.909. The molecule has 2 aromatic rings. The predicted octanol–water partition coefficient (Wildman–Crippen LogP) is 3.18. The molecule has 1 N–H and O–H groups in total. The molecule has 3 rings (SSSR count). The monoisotopic (exact) mass is 360 g/mol. The zero-order valence-corrected chi connectivity index (χ0v) is 15.7. The van der Waals surface area contributed by atoms with Crippen LogP contribution in [0.15, 0.2) is 17.1 Å². The van der Waals surface area contributed by atoms with E-state index in [1.54, 1.807) is 32.7 Å². The Bertz CT molecular complexity index is 845. The summed E-state index contributed by atoms with van der Waals surface area (Å²) in [6, 6.07) is 3.71. The van der Waals surface area contributed by atoms with Gasteiger partial charge in [0.15, 0.2) is 11.5 Å². The number of ether oxygens (including phenoxy) is 3. The fourth-order valence-electron chi connectivity index (χ4n) is 2.85. The number of nitrogens with one attached hydrogen (secondary N) is 1. The van der Waals surface area contributed by atoms with E-state index in [0.717, 1.165) is 32.3 Å². The second kappa shape index (κ2) is 6.76.